The van der Waals surface area contributed by atoms with Crippen LogP contribution in [0, 0.1) is 0 Å². The number of fused-ring (bicyclic) bond motifs is 1. The van der Waals surface area contributed by atoms with E-state index in [-0.39, 0.29) is 12.3 Å². The topological polar surface area (TPSA) is 88.1 Å². The Morgan fingerprint density at radius 1 is 1.16 bits per heavy atom. The van der Waals surface area contributed by atoms with E-state index in [1.807, 2.05) is 0 Å². The van der Waals surface area contributed by atoms with Gasteiger partial charge in [-0.05, 0) is 0 Å². The summed E-state index contributed by atoms with van der Waals surface area (Å²) >= 11 is 0. The molecule has 2 aromatic rings. The van der Waals surface area contributed by atoms with Crippen molar-refractivity contribution in [1.82, 2.24) is 18.7 Å². The van der Waals surface area contributed by atoms with E-state index in [0.29, 0.717) is 11.3 Å². The van der Waals surface area contributed by atoms with E-state index < -0.39 is 17.2 Å². The quantitative estimate of drug-likeness (QED) is 0.653. The average molecular weight is 266 g/mol. The second-order valence-electron chi connectivity index (χ2n) is 4.25. The van der Waals surface area contributed by atoms with Crippen molar-refractivity contribution in [2.45, 2.75) is 13.5 Å². The van der Waals surface area contributed by atoms with Crippen LogP contribution < -0.4 is 11.2 Å². The average Bonchev–Trinajstić information content (AvgIpc) is 2.69. The molecule has 0 saturated carbocycles. The van der Waals surface area contributed by atoms with Crippen molar-refractivity contribution >= 4 is 17.1 Å². The molecule has 2 aromatic heterocycles. The zero-order valence-electron chi connectivity index (χ0n) is 11.1. The summed E-state index contributed by atoms with van der Waals surface area (Å²) in [4.78, 5) is 38.8. The van der Waals surface area contributed by atoms with E-state index in [1.54, 1.807) is 7.05 Å². The van der Waals surface area contributed by atoms with Crippen LogP contribution in [0.4, 0.5) is 0 Å². The third-order valence-corrected chi connectivity index (χ3v) is 2.97. The molecule has 0 N–H and O–H groups in total. The predicted molar refractivity (Wildman–Crippen MR) is 66.7 cm³/mol. The summed E-state index contributed by atoms with van der Waals surface area (Å²) in [6.45, 7) is 1.25. The van der Waals surface area contributed by atoms with Crippen LogP contribution in [-0.2, 0) is 37.3 Å². The number of carbonyl (C=O) groups excluding carboxylic acids is 1. The Morgan fingerprint density at radius 3 is 2.37 bits per heavy atom. The number of nitrogens with zero attached hydrogens (tertiary/aromatic N) is 4. The maximum atomic E-state index is 12.1. The summed E-state index contributed by atoms with van der Waals surface area (Å²) in [5.41, 5.74) is -0.304. The van der Waals surface area contributed by atoms with Gasteiger partial charge in [-0.15, -0.1) is 0 Å². The molecule has 0 aliphatic rings. The standard InChI is InChI=1S/C11H14N4O4/c1-6(16)19-5-7-12-9-8(13(7)2)10(17)15(4)11(18)14(9)3/h5H2,1-4H3. The Kier molecular flexibility index (Phi) is 3.01. The molecule has 2 rings (SSSR count). The van der Waals surface area contributed by atoms with Crippen molar-refractivity contribution in [2.75, 3.05) is 0 Å². The van der Waals surface area contributed by atoms with E-state index in [4.69, 9.17) is 4.74 Å². The number of aromatic nitrogens is 4. The molecule has 0 aromatic carbocycles. The number of ether oxygens (including phenoxy) is 1. The van der Waals surface area contributed by atoms with Crippen molar-refractivity contribution in [2.24, 2.45) is 21.1 Å². The van der Waals surface area contributed by atoms with Gasteiger partial charge >= 0.3 is 11.7 Å². The summed E-state index contributed by atoms with van der Waals surface area (Å²) in [6.07, 6.45) is 0. The van der Waals surface area contributed by atoms with Gasteiger partial charge in [0.25, 0.3) is 5.56 Å². The summed E-state index contributed by atoms with van der Waals surface area (Å²) in [5.74, 6) is -0.0302. The van der Waals surface area contributed by atoms with E-state index in [2.05, 4.69) is 4.98 Å². The minimum absolute atomic E-state index is 0.0438. The van der Waals surface area contributed by atoms with Crippen molar-refractivity contribution in [3.05, 3.63) is 26.7 Å². The van der Waals surface area contributed by atoms with Crippen LogP contribution in [0.25, 0.3) is 11.2 Å². The number of imidazole rings is 1. The maximum Gasteiger partial charge on any atom is 0.332 e. The Balaban J connectivity index is 2.74. The second kappa shape index (κ2) is 4.38. The molecule has 0 bridgehead atoms. The van der Waals surface area contributed by atoms with Gasteiger partial charge in [-0.25, -0.2) is 9.78 Å². The lowest BCUT2D eigenvalue weighted by atomic mass is 10.5. The van der Waals surface area contributed by atoms with Gasteiger partial charge in [0.05, 0.1) is 0 Å². The molecule has 0 spiro atoms. The lowest BCUT2D eigenvalue weighted by molar-refractivity contribution is -0.142. The third kappa shape index (κ3) is 1.94. The monoisotopic (exact) mass is 266 g/mol. The molecule has 0 radical (unpaired) electrons. The van der Waals surface area contributed by atoms with Crippen LogP contribution in [0.15, 0.2) is 9.59 Å². The van der Waals surface area contributed by atoms with E-state index in [1.165, 1.54) is 30.2 Å². The van der Waals surface area contributed by atoms with Crippen LogP contribution in [0.1, 0.15) is 12.7 Å². The molecule has 0 fully saturated rings. The van der Waals surface area contributed by atoms with E-state index in [0.717, 1.165) is 4.57 Å². The Morgan fingerprint density at radius 2 is 1.79 bits per heavy atom. The molecule has 19 heavy (non-hydrogen) atoms. The second-order valence-corrected chi connectivity index (χ2v) is 4.25. The molecular formula is C11H14N4O4. The van der Waals surface area contributed by atoms with E-state index in [9.17, 15) is 14.4 Å². The number of aryl methyl sites for hydroxylation is 2. The van der Waals surface area contributed by atoms with Gasteiger partial charge in [0.2, 0.25) is 0 Å². The minimum Gasteiger partial charge on any atom is -0.458 e. The highest BCUT2D eigenvalue weighted by Gasteiger charge is 2.17. The number of hydrogen-bond acceptors (Lipinski definition) is 5. The molecule has 0 unspecified atom stereocenters. The zero-order chi connectivity index (χ0) is 14.3. The Bertz CT molecular complexity index is 781. The fraction of sp³-hybridized carbons (Fsp3) is 0.455. The molecule has 8 nitrogen and oxygen atoms in total. The van der Waals surface area contributed by atoms with Crippen LogP contribution in [0.3, 0.4) is 0 Å². The SMILES string of the molecule is CC(=O)OCc1nc2c(c(=O)n(C)c(=O)n2C)n1C. The lowest BCUT2D eigenvalue weighted by Gasteiger charge is -2.03. The summed E-state index contributed by atoms with van der Waals surface area (Å²) in [6, 6.07) is 0. The first-order chi connectivity index (χ1) is 8.84. The lowest BCUT2D eigenvalue weighted by Crippen LogP contribution is -2.37. The fourth-order valence-corrected chi connectivity index (χ4v) is 1.86. The van der Waals surface area contributed by atoms with Crippen LogP contribution in [0.2, 0.25) is 0 Å². The number of esters is 1. The fourth-order valence-electron chi connectivity index (χ4n) is 1.86. The third-order valence-electron chi connectivity index (χ3n) is 2.97. The highest BCUT2D eigenvalue weighted by Crippen LogP contribution is 2.09. The Hall–Kier alpha value is -2.38. The first-order valence-electron chi connectivity index (χ1n) is 5.59. The first-order valence-corrected chi connectivity index (χ1v) is 5.59. The van der Waals surface area contributed by atoms with Crippen molar-refractivity contribution in [3.63, 3.8) is 0 Å². The van der Waals surface area contributed by atoms with Gasteiger partial charge in [-0.3, -0.25) is 18.7 Å². The molecule has 8 heteroatoms. The van der Waals surface area contributed by atoms with Gasteiger partial charge in [-0.2, -0.15) is 0 Å². The van der Waals surface area contributed by atoms with Crippen LogP contribution in [0.5, 0.6) is 0 Å². The van der Waals surface area contributed by atoms with Crippen LogP contribution >= 0.6 is 0 Å². The largest absolute Gasteiger partial charge is 0.458 e. The summed E-state index contributed by atoms with van der Waals surface area (Å²) in [5, 5.41) is 0. The summed E-state index contributed by atoms with van der Waals surface area (Å²) < 4.78 is 8.69. The smallest absolute Gasteiger partial charge is 0.332 e. The van der Waals surface area contributed by atoms with Gasteiger partial charge in [0.15, 0.2) is 11.2 Å². The molecule has 0 amide bonds. The molecule has 2 heterocycles. The molecule has 0 atom stereocenters. The number of carbonyl (C=O) groups is 1. The van der Waals surface area contributed by atoms with Gasteiger partial charge in [-0.1, -0.05) is 0 Å². The predicted octanol–water partition coefficient (Wildman–Crippen LogP) is -0.966. The molecular weight excluding hydrogens is 252 g/mol. The molecule has 0 aliphatic carbocycles. The van der Waals surface area contributed by atoms with Crippen molar-refractivity contribution in [1.29, 1.82) is 0 Å². The number of hydrogen-bond donors (Lipinski definition) is 0. The van der Waals surface area contributed by atoms with Crippen molar-refractivity contribution in [3.8, 4) is 0 Å². The molecule has 0 saturated heterocycles. The van der Waals surface area contributed by atoms with Crippen LogP contribution in [-0.4, -0.2) is 24.7 Å². The zero-order valence-corrected chi connectivity index (χ0v) is 11.1. The van der Waals surface area contributed by atoms with Gasteiger partial charge in [0, 0.05) is 28.1 Å². The van der Waals surface area contributed by atoms with Gasteiger partial charge < -0.3 is 9.30 Å². The van der Waals surface area contributed by atoms with Crippen molar-refractivity contribution < 1.29 is 9.53 Å². The highest BCUT2D eigenvalue weighted by atomic mass is 16.5. The summed E-state index contributed by atoms with van der Waals surface area (Å²) in [7, 11) is 4.58. The Labute approximate surface area is 107 Å². The molecule has 102 valence electrons. The highest BCUT2D eigenvalue weighted by molar-refractivity contribution is 5.71. The maximum absolute atomic E-state index is 12.1. The minimum atomic E-state index is -0.449. The molecule has 0 aliphatic heterocycles. The number of rotatable bonds is 2. The first kappa shape index (κ1) is 13.1. The normalized spacial score (nSPS) is 10.9. The van der Waals surface area contributed by atoms with Gasteiger partial charge in [0.1, 0.15) is 12.4 Å². The van der Waals surface area contributed by atoms with E-state index >= 15 is 0 Å².